The highest BCUT2D eigenvalue weighted by Crippen LogP contribution is 2.49. The monoisotopic (exact) mass is 279 g/mol. The maximum absolute atomic E-state index is 12.0. The van der Waals surface area contributed by atoms with Gasteiger partial charge < -0.3 is 5.32 Å². The zero-order valence-electron chi connectivity index (χ0n) is 11.4. The van der Waals surface area contributed by atoms with Gasteiger partial charge in [-0.25, -0.2) is 0 Å². The van der Waals surface area contributed by atoms with Crippen molar-refractivity contribution in [2.75, 3.05) is 5.32 Å². The van der Waals surface area contributed by atoms with Crippen molar-refractivity contribution >= 4 is 22.4 Å². The molecule has 2 bridgehead atoms. The Bertz CT molecular complexity index is 459. The molecule has 5 heteroatoms. The van der Waals surface area contributed by atoms with Gasteiger partial charge in [0.25, 0.3) is 0 Å². The highest BCUT2D eigenvalue weighted by Gasteiger charge is 2.40. The summed E-state index contributed by atoms with van der Waals surface area (Å²) in [5.74, 6) is 2.44. The number of nitrogens with one attached hydrogen (secondary N) is 1. The van der Waals surface area contributed by atoms with E-state index in [1.165, 1.54) is 37.0 Å². The van der Waals surface area contributed by atoms with Gasteiger partial charge in [-0.3, -0.25) is 4.79 Å². The third-order valence-electron chi connectivity index (χ3n) is 4.51. The molecule has 0 spiro atoms. The fraction of sp³-hybridized carbons (Fsp3) is 0.786. The van der Waals surface area contributed by atoms with E-state index in [4.69, 9.17) is 0 Å². The molecule has 19 heavy (non-hydrogen) atoms. The number of aryl methyl sites for hydroxylation is 1. The number of fused-ring (bicyclic) bond motifs is 2. The lowest BCUT2D eigenvalue weighted by Gasteiger charge is -2.20. The van der Waals surface area contributed by atoms with Crippen LogP contribution in [-0.4, -0.2) is 16.1 Å². The average molecular weight is 279 g/mol. The Labute approximate surface area is 118 Å². The first-order valence-corrected chi connectivity index (χ1v) is 8.18. The van der Waals surface area contributed by atoms with Gasteiger partial charge in [0.05, 0.1) is 0 Å². The van der Waals surface area contributed by atoms with Crippen molar-refractivity contribution < 1.29 is 4.79 Å². The summed E-state index contributed by atoms with van der Waals surface area (Å²) in [6.07, 6.45) is 8.02. The van der Waals surface area contributed by atoms with Crippen molar-refractivity contribution in [3.63, 3.8) is 0 Å². The van der Waals surface area contributed by atoms with Crippen molar-refractivity contribution in [1.82, 2.24) is 10.2 Å². The SMILES string of the molecule is CCCc1nnc(NC(=O)C[C@H]2C[C@H]3CC[C@@H]2C3)s1. The first-order valence-electron chi connectivity index (χ1n) is 7.36. The van der Waals surface area contributed by atoms with Crippen molar-refractivity contribution in [2.45, 2.75) is 51.9 Å². The van der Waals surface area contributed by atoms with Crippen LogP contribution in [0.4, 0.5) is 5.13 Å². The van der Waals surface area contributed by atoms with Crippen LogP contribution in [0.3, 0.4) is 0 Å². The summed E-state index contributed by atoms with van der Waals surface area (Å²) in [4.78, 5) is 12.0. The van der Waals surface area contributed by atoms with Crippen LogP contribution >= 0.6 is 11.3 Å². The molecule has 2 fully saturated rings. The Kier molecular flexibility index (Phi) is 3.82. The molecule has 3 atom stereocenters. The normalized spacial score (nSPS) is 28.8. The molecule has 0 radical (unpaired) electrons. The van der Waals surface area contributed by atoms with Crippen LogP contribution < -0.4 is 5.32 Å². The molecule has 1 amide bonds. The van der Waals surface area contributed by atoms with Gasteiger partial charge in [-0.2, -0.15) is 0 Å². The minimum absolute atomic E-state index is 0.122. The minimum Gasteiger partial charge on any atom is -0.301 e. The topological polar surface area (TPSA) is 54.9 Å². The molecule has 0 aromatic carbocycles. The second-order valence-corrected chi connectivity index (χ2v) is 7.00. The molecule has 3 rings (SSSR count). The summed E-state index contributed by atoms with van der Waals surface area (Å²) in [7, 11) is 0. The first-order chi connectivity index (χ1) is 9.24. The van der Waals surface area contributed by atoms with E-state index in [-0.39, 0.29) is 5.91 Å². The van der Waals surface area contributed by atoms with E-state index in [2.05, 4.69) is 22.4 Å². The summed E-state index contributed by atoms with van der Waals surface area (Å²) >= 11 is 1.50. The molecule has 2 saturated carbocycles. The summed E-state index contributed by atoms with van der Waals surface area (Å²) in [5.41, 5.74) is 0. The van der Waals surface area contributed by atoms with Crippen LogP contribution in [0.25, 0.3) is 0 Å². The van der Waals surface area contributed by atoms with Crippen molar-refractivity contribution in [3.05, 3.63) is 5.01 Å². The highest BCUT2D eigenvalue weighted by atomic mass is 32.1. The number of amides is 1. The van der Waals surface area contributed by atoms with Gasteiger partial charge >= 0.3 is 0 Å². The summed E-state index contributed by atoms with van der Waals surface area (Å²) in [6, 6.07) is 0. The van der Waals surface area contributed by atoms with Gasteiger partial charge in [-0.1, -0.05) is 24.7 Å². The lowest BCUT2D eigenvalue weighted by Crippen LogP contribution is -2.20. The van der Waals surface area contributed by atoms with Crippen molar-refractivity contribution in [2.24, 2.45) is 17.8 Å². The Morgan fingerprint density at radius 2 is 2.26 bits per heavy atom. The molecular formula is C14H21N3OS. The van der Waals surface area contributed by atoms with Crippen LogP contribution in [0, 0.1) is 17.8 Å². The largest absolute Gasteiger partial charge is 0.301 e. The number of nitrogens with zero attached hydrogens (tertiary/aromatic N) is 2. The average Bonchev–Trinajstić information content (AvgIpc) is 3.06. The van der Waals surface area contributed by atoms with E-state index in [0.717, 1.165) is 29.7 Å². The third kappa shape index (κ3) is 2.96. The van der Waals surface area contributed by atoms with E-state index in [0.29, 0.717) is 17.5 Å². The van der Waals surface area contributed by atoms with E-state index < -0.39 is 0 Å². The van der Waals surface area contributed by atoms with Gasteiger partial charge in [0, 0.05) is 12.8 Å². The Morgan fingerprint density at radius 1 is 1.37 bits per heavy atom. The van der Waals surface area contributed by atoms with Gasteiger partial charge in [0.2, 0.25) is 11.0 Å². The minimum atomic E-state index is 0.122. The van der Waals surface area contributed by atoms with E-state index in [9.17, 15) is 4.79 Å². The number of anilines is 1. The quantitative estimate of drug-likeness (QED) is 0.900. The zero-order valence-corrected chi connectivity index (χ0v) is 12.2. The molecule has 2 aliphatic carbocycles. The fourth-order valence-electron chi connectivity index (χ4n) is 3.65. The Hall–Kier alpha value is -0.970. The number of aromatic nitrogens is 2. The maximum Gasteiger partial charge on any atom is 0.226 e. The van der Waals surface area contributed by atoms with Gasteiger partial charge in [0.15, 0.2) is 0 Å². The number of hydrogen-bond acceptors (Lipinski definition) is 4. The zero-order chi connectivity index (χ0) is 13.2. The van der Waals surface area contributed by atoms with Gasteiger partial charge in [-0.05, 0) is 43.4 Å². The molecule has 1 N–H and O–H groups in total. The van der Waals surface area contributed by atoms with Crippen molar-refractivity contribution in [1.29, 1.82) is 0 Å². The number of rotatable bonds is 5. The van der Waals surface area contributed by atoms with E-state index >= 15 is 0 Å². The molecule has 0 saturated heterocycles. The van der Waals surface area contributed by atoms with Crippen LogP contribution in [-0.2, 0) is 11.2 Å². The summed E-state index contributed by atoms with van der Waals surface area (Å²) < 4.78 is 0. The predicted octanol–water partition coefficient (Wildman–Crippen LogP) is 3.26. The molecule has 1 aromatic heterocycles. The number of carbonyl (C=O) groups is 1. The van der Waals surface area contributed by atoms with Crippen LogP contribution in [0.5, 0.6) is 0 Å². The molecule has 1 aromatic rings. The molecule has 2 aliphatic rings. The number of carbonyl (C=O) groups excluding carboxylic acids is 1. The highest BCUT2D eigenvalue weighted by molar-refractivity contribution is 7.15. The van der Waals surface area contributed by atoms with Crippen LogP contribution in [0.1, 0.15) is 50.5 Å². The molecule has 4 nitrogen and oxygen atoms in total. The van der Waals surface area contributed by atoms with Crippen LogP contribution in [0.15, 0.2) is 0 Å². The van der Waals surface area contributed by atoms with Gasteiger partial charge in [0.1, 0.15) is 5.01 Å². The third-order valence-corrected chi connectivity index (χ3v) is 5.41. The lowest BCUT2D eigenvalue weighted by atomic mass is 9.86. The molecule has 0 aliphatic heterocycles. The summed E-state index contributed by atoms with van der Waals surface area (Å²) in [5, 5.41) is 12.7. The molecule has 1 heterocycles. The van der Waals surface area contributed by atoms with Gasteiger partial charge in [-0.15, -0.1) is 10.2 Å². The number of hydrogen-bond donors (Lipinski definition) is 1. The Morgan fingerprint density at radius 3 is 2.95 bits per heavy atom. The summed E-state index contributed by atoms with van der Waals surface area (Å²) in [6.45, 7) is 2.12. The van der Waals surface area contributed by atoms with Crippen molar-refractivity contribution in [3.8, 4) is 0 Å². The molecule has 0 unspecified atom stereocenters. The fourth-order valence-corrected chi connectivity index (χ4v) is 4.51. The second-order valence-electron chi connectivity index (χ2n) is 5.94. The standard InChI is InChI=1S/C14H21N3OS/c1-2-3-13-16-17-14(19-13)15-12(18)8-11-7-9-4-5-10(11)6-9/h9-11H,2-8H2,1H3,(H,15,17,18)/t9-,10+,11+/m0/s1. The van der Waals surface area contributed by atoms with E-state index in [1.807, 2.05) is 0 Å². The first kappa shape index (κ1) is 13.0. The molecule has 104 valence electrons. The predicted molar refractivity (Wildman–Crippen MR) is 76.1 cm³/mol. The smallest absolute Gasteiger partial charge is 0.226 e. The Balaban J connectivity index is 1.50. The lowest BCUT2D eigenvalue weighted by molar-refractivity contribution is -0.117. The van der Waals surface area contributed by atoms with E-state index in [1.54, 1.807) is 0 Å². The van der Waals surface area contributed by atoms with Crippen LogP contribution in [0.2, 0.25) is 0 Å². The second kappa shape index (κ2) is 5.57. The maximum atomic E-state index is 12.0. The molecular weight excluding hydrogens is 258 g/mol.